The fraction of sp³-hybridized carbons (Fsp3) is 0.455. The van der Waals surface area contributed by atoms with Crippen molar-refractivity contribution in [2.24, 2.45) is 0 Å². The largest absolute Gasteiger partial charge is 0.316 e. The zero-order valence-electron chi connectivity index (χ0n) is 10.9. The molecule has 4 nitrogen and oxygen atoms in total. The molecule has 0 aliphatic rings. The average molecular weight is 332 g/mol. The Morgan fingerprint density at radius 3 is 1.81 bits per heavy atom. The summed E-state index contributed by atoms with van der Waals surface area (Å²) in [5, 5.41) is 2.72. The van der Waals surface area contributed by atoms with Crippen molar-refractivity contribution in [3.63, 3.8) is 0 Å². The van der Waals surface area contributed by atoms with Gasteiger partial charge < -0.3 is 5.32 Å². The third kappa shape index (κ3) is 4.27. The van der Waals surface area contributed by atoms with Crippen molar-refractivity contribution >= 4 is 15.7 Å². The van der Waals surface area contributed by atoms with Crippen molar-refractivity contribution in [1.82, 2.24) is 5.32 Å². The predicted octanol–water partition coefficient (Wildman–Crippen LogP) is 2.12. The maximum Gasteiger partial charge on any atom is 0.234 e. The average Bonchev–Trinajstić information content (AvgIpc) is 2.44. The molecule has 1 aromatic rings. The molecule has 0 fully saturated rings. The maximum absolute atomic E-state index is 13.3. The van der Waals surface area contributed by atoms with Crippen molar-refractivity contribution in [1.29, 1.82) is 0 Å². The standard InChI is InChI=1S/C11H13F5N2O2S/c1-2-3-17-4-5-21(19,20)18-11-9(15)7(13)6(12)8(14)10(11)16/h17-18H,2-5H2,1H3. The van der Waals surface area contributed by atoms with E-state index in [0.717, 1.165) is 6.42 Å². The van der Waals surface area contributed by atoms with Crippen molar-refractivity contribution < 1.29 is 30.4 Å². The van der Waals surface area contributed by atoms with E-state index in [1.807, 2.05) is 6.92 Å². The van der Waals surface area contributed by atoms with Crippen LogP contribution in [-0.2, 0) is 10.0 Å². The minimum Gasteiger partial charge on any atom is -0.316 e. The van der Waals surface area contributed by atoms with Crippen LogP contribution in [0.15, 0.2) is 0 Å². The van der Waals surface area contributed by atoms with E-state index in [1.165, 1.54) is 4.72 Å². The van der Waals surface area contributed by atoms with Gasteiger partial charge in [-0.1, -0.05) is 6.92 Å². The van der Waals surface area contributed by atoms with Gasteiger partial charge in [0.1, 0.15) is 5.69 Å². The molecule has 0 atom stereocenters. The Morgan fingerprint density at radius 1 is 0.857 bits per heavy atom. The minimum absolute atomic E-state index is 0.0292. The first-order valence-corrected chi connectivity index (χ1v) is 7.59. The van der Waals surface area contributed by atoms with E-state index in [4.69, 9.17) is 0 Å². The van der Waals surface area contributed by atoms with Gasteiger partial charge in [-0.2, -0.15) is 0 Å². The lowest BCUT2D eigenvalue weighted by Gasteiger charge is -2.11. The summed E-state index contributed by atoms with van der Waals surface area (Å²) in [6.45, 7) is 2.34. The Hall–Kier alpha value is -1.42. The fourth-order valence-electron chi connectivity index (χ4n) is 1.41. The molecule has 21 heavy (non-hydrogen) atoms. The Bertz CT molecular complexity index is 593. The highest BCUT2D eigenvalue weighted by Crippen LogP contribution is 2.27. The summed E-state index contributed by atoms with van der Waals surface area (Å²) in [6, 6.07) is 0. The summed E-state index contributed by atoms with van der Waals surface area (Å²) >= 11 is 0. The van der Waals surface area contributed by atoms with Crippen LogP contribution < -0.4 is 10.0 Å². The molecule has 1 rings (SSSR count). The van der Waals surface area contributed by atoms with Gasteiger partial charge in [0.15, 0.2) is 23.3 Å². The van der Waals surface area contributed by atoms with Crippen molar-refractivity contribution in [2.45, 2.75) is 13.3 Å². The Balaban J connectivity index is 2.98. The number of halogens is 5. The van der Waals surface area contributed by atoms with Crippen LogP contribution in [0.5, 0.6) is 0 Å². The van der Waals surface area contributed by atoms with Crippen LogP contribution in [0.1, 0.15) is 13.3 Å². The molecular formula is C11H13F5N2O2S. The van der Waals surface area contributed by atoms with Gasteiger partial charge in [0, 0.05) is 6.54 Å². The van der Waals surface area contributed by atoms with Crippen molar-refractivity contribution in [3.05, 3.63) is 29.1 Å². The van der Waals surface area contributed by atoms with Crippen LogP contribution >= 0.6 is 0 Å². The highest BCUT2D eigenvalue weighted by atomic mass is 32.2. The lowest BCUT2D eigenvalue weighted by atomic mass is 10.2. The van der Waals surface area contributed by atoms with Gasteiger partial charge in [-0.25, -0.2) is 30.4 Å². The normalized spacial score (nSPS) is 11.7. The fourth-order valence-corrected chi connectivity index (χ4v) is 2.41. The third-order valence-electron chi connectivity index (χ3n) is 2.44. The van der Waals surface area contributed by atoms with Crippen LogP contribution in [0.2, 0.25) is 0 Å². The van der Waals surface area contributed by atoms with E-state index in [0.29, 0.717) is 6.54 Å². The molecule has 0 spiro atoms. The second-order valence-electron chi connectivity index (χ2n) is 4.12. The molecule has 0 saturated heterocycles. The first kappa shape index (κ1) is 17.6. The van der Waals surface area contributed by atoms with Gasteiger partial charge in [-0.15, -0.1) is 0 Å². The van der Waals surface area contributed by atoms with Crippen molar-refractivity contribution in [2.75, 3.05) is 23.6 Å². The third-order valence-corrected chi connectivity index (χ3v) is 3.70. The van der Waals surface area contributed by atoms with Crippen LogP contribution in [0.4, 0.5) is 27.6 Å². The number of sulfonamides is 1. The number of hydrogen-bond acceptors (Lipinski definition) is 3. The molecule has 1 aromatic carbocycles. The maximum atomic E-state index is 13.3. The molecule has 10 heteroatoms. The molecule has 0 aliphatic heterocycles. The van der Waals surface area contributed by atoms with E-state index in [9.17, 15) is 30.4 Å². The summed E-state index contributed by atoms with van der Waals surface area (Å²) in [5.74, 6) is -11.8. The van der Waals surface area contributed by atoms with Crippen LogP contribution in [0, 0.1) is 29.1 Å². The lowest BCUT2D eigenvalue weighted by molar-refractivity contribution is 0.382. The van der Waals surface area contributed by atoms with Gasteiger partial charge in [0.25, 0.3) is 0 Å². The van der Waals surface area contributed by atoms with Gasteiger partial charge >= 0.3 is 0 Å². The van der Waals surface area contributed by atoms with E-state index < -0.39 is 50.5 Å². The molecule has 0 bridgehead atoms. The number of rotatable bonds is 7. The smallest absolute Gasteiger partial charge is 0.234 e. The van der Waals surface area contributed by atoms with Gasteiger partial charge in [-0.05, 0) is 13.0 Å². The van der Waals surface area contributed by atoms with Gasteiger partial charge in [0.05, 0.1) is 5.75 Å². The predicted molar refractivity (Wildman–Crippen MR) is 66.8 cm³/mol. The van der Waals surface area contributed by atoms with E-state index in [1.54, 1.807) is 0 Å². The Morgan fingerprint density at radius 2 is 1.33 bits per heavy atom. The van der Waals surface area contributed by atoms with Gasteiger partial charge in [-0.3, -0.25) is 4.72 Å². The monoisotopic (exact) mass is 332 g/mol. The first-order valence-electron chi connectivity index (χ1n) is 5.94. The molecule has 0 aromatic heterocycles. The molecule has 0 radical (unpaired) electrons. The summed E-state index contributed by atoms with van der Waals surface area (Å²) in [7, 11) is -4.25. The van der Waals surface area contributed by atoms with E-state index >= 15 is 0 Å². The van der Waals surface area contributed by atoms with E-state index in [2.05, 4.69) is 5.32 Å². The van der Waals surface area contributed by atoms with E-state index in [-0.39, 0.29) is 6.54 Å². The summed E-state index contributed by atoms with van der Waals surface area (Å²) in [5.41, 5.74) is -1.58. The molecule has 0 aliphatic carbocycles. The highest BCUT2D eigenvalue weighted by molar-refractivity contribution is 7.92. The SMILES string of the molecule is CCCNCCS(=O)(=O)Nc1c(F)c(F)c(F)c(F)c1F. The highest BCUT2D eigenvalue weighted by Gasteiger charge is 2.28. The second-order valence-corrected chi connectivity index (χ2v) is 5.96. The molecular weight excluding hydrogens is 319 g/mol. The molecule has 0 saturated carbocycles. The number of anilines is 1. The quantitative estimate of drug-likeness (QED) is 0.348. The zero-order chi connectivity index (χ0) is 16.2. The second kappa shape index (κ2) is 7.03. The Kier molecular flexibility index (Phi) is 5.90. The number of hydrogen-bond donors (Lipinski definition) is 2. The first-order chi connectivity index (χ1) is 9.71. The minimum atomic E-state index is -4.25. The summed E-state index contributed by atoms with van der Waals surface area (Å²) in [4.78, 5) is 0. The molecule has 0 unspecified atom stereocenters. The number of nitrogens with one attached hydrogen (secondary N) is 2. The number of benzene rings is 1. The topological polar surface area (TPSA) is 58.2 Å². The van der Waals surface area contributed by atoms with Gasteiger partial charge in [0.2, 0.25) is 15.8 Å². The molecule has 2 N–H and O–H groups in total. The summed E-state index contributed by atoms with van der Waals surface area (Å²) in [6.07, 6.45) is 0.741. The van der Waals surface area contributed by atoms with Crippen LogP contribution in [0.3, 0.4) is 0 Å². The molecule has 0 amide bonds. The lowest BCUT2D eigenvalue weighted by Crippen LogP contribution is -2.28. The van der Waals surface area contributed by atoms with Crippen molar-refractivity contribution in [3.8, 4) is 0 Å². The Labute approximate surface area is 118 Å². The van der Waals surface area contributed by atoms with Crippen LogP contribution in [0.25, 0.3) is 0 Å². The molecule has 120 valence electrons. The van der Waals surface area contributed by atoms with Crippen LogP contribution in [-0.4, -0.2) is 27.3 Å². The zero-order valence-corrected chi connectivity index (χ0v) is 11.8. The summed E-state index contributed by atoms with van der Waals surface area (Å²) < 4.78 is 89.8. The molecule has 0 heterocycles.